The predicted molar refractivity (Wildman–Crippen MR) is 126 cm³/mol. The van der Waals surface area contributed by atoms with Crippen LogP contribution >= 0.6 is 0 Å². The number of sulfonamides is 1. The van der Waals surface area contributed by atoms with Crippen LogP contribution in [-0.4, -0.2) is 37.8 Å². The highest BCUT2D eigenvalue weighted by Crippen LogP contribution is 2.30. The van der Waals surface area contributed by atoms with Crippen molar-refractivity contribution in [3.05, 3.63) is 74.5 Å². The van der Waals surface area contributed by atoms with Crippen molar-refractivity contribution in [1.29, 1.82) is 0 Å². The minimum absolute atomic E-state index is 0.00530. The van der Waals surface area contributed by atoms with Crippen molar-refractivity contribution in [2.45, 2.75) is 31.3 Å². The van der Waals surface area contributed by atoms with Crippen LogP contribution in [0.1, 0.15) is 18.4 Å². The van der Waals surface area contributed by atoms with Crippen molar-refractivity contribution in [2.75, 3.05) is 16.9 Å². The van der Waals surface area contributed by atoms with Crippen molar-refractivity contribution in [1.82, 2.24) is 4.72 Å². The van der Waals surface area contributed by atoms with Gasteiger partial charge in [-0.1, -0.05) is 36.4 Å². The largest absolute Gasteiger partial charge is 0.480 e. The molecule has 1 saturated carbocycles. The Morgan fingerprint density at radius 1 is 1.03 bits per heavy atom. The lowest BCUT2D eigenvalue weighted by Gasteiger charge is -2.15. The number of benzene rings is 2. The molecule has 0 aromatic heterocycles. The summed E-state index contributed by atoms with van der Waals surface area (Å²) in [7, 11) is -3.66. The van der Waals surface area contributed by atoms with Crippen LogP contribution in [0.5, 0.6) is 0 Å². The topological polar surface area (TPSA) is 142 Å². The van der Waals surface area contributed by atoms with Gasteiger partial charge < -0.3 is 15.7 Å². The second kappa shape index (κ2) is 8.80. The number of aliphatic carboxylic acids is 1. The molecule has 0 saturated heterocycles. The smallest absolute Gasteiger partial charge is 0.322 e. The third kappa shape index (κ3) is 5.47. The van der Waals surface area contributed by atoms with E-state index in [1.807, 2.05) is 30.3 Å². The number of carboxylic acid groups (broad SMARTS) is 1. The fourth-order valence-electron chi connectivity index (χ4n) is 3.51. The minimum atomic E-state index is -3.66. The van der Waals surface area contributed by atoms with Crippen molar-refractivity contribution in [2.24, 2.45) is 0 Å². The predicted octanol–water partition coefficient (Wildman–Crippen LogP) is 1.81. The first-order valence-corrected chi connectivity index (χ1v) is 12.3. The standard InChI is InChI=1S/C23H23N3O6S/c1-33(31,32)26-18(23(29)30)11-13-5-7-14(8-6-13)15-3-2-4-17(12-15)25-20-19(21(27)22(20)28)24-16-9-10-16/h2-8,12,16,18,24-26H,9-11H2,1H3,(H,29,30)/t18-/m0/s1. The van der Waals surface area contributed by atoms with Gasteiger partial charge in [-0.3, -0.25) is 14.4 Å². The molecule has 172 valence electrons. The summed E-state index contributed by atoms with van der Waals surface area (Å²) in [6, 6.07) is 13.4. The molecule has 0 unspecified atom stereocenters. The Hall–Kier alpha value is -3.50. The molecule has 1 fully saturated rings. The van der Waals surface area contributed by atoms with Gasteiger partial charge in [-0.15, -0.1) is 0 Å². The summed E-state index contributed by atoms with van der Waals surface area (Å²) in [4.78, 5) is 35.2. The van der Waals surface area contributed by atoms with E-state index in [4.69, 9.17) is 0 Å². The Morgan fingerprint density at radius 3 is 2.30 bits per heavy atom. The molecule has 9 nitrogen and oxygen atoms in total. The van der Waals surface area contributed by atoms with E-state index in [-0.39, 0.29) is 18.2 Å². The van der Waals surface area contributed by atoms with Crippen LogP contribution in [0.2, 0.25) is 0 Å². The average molecular weight is 470 g/mol. The number of hydrogen-bond acceptors (Lipinski definition) is 7. The normalized spacial score (nSPS) is 14.7. The molecule has 3 aromatic carbocycles. The van der Waals surface area contributed by atoms with Gasteiger partial charge in [0.25, 0.3) is 10.9 Å². The molecule has 0 aliphatic heterocycles. The van der Waals surface area contributed by atoms with E-state index in [0.717, 1.165) is 30.2 Å². The Kier molecular flexibility index (Phi) is 6.05. The van der Waals surface area contributed by atoms with Gasteiger partial charge in [0.05, 0.1) is 6.26 Å². The Balaban J connectivity index is 1.49. The monoisotopic (exact) mass is 469 g/mol. The number of carbonyl (C=O) groups is 1. The first-order valence-electron chi connectivity index (χ1n) is 10.4. The summed E-state index contributed by atoms with van der Waals surface area (Å²) in [6.07, 6.45) is 2.90. The van der Waals surface area contributed by atoms with E-state index in [0.29, 0.717) is 16.9 Å². The van der Waals surface area contributed by atoms with Gasteiger partial charge in [0.2, 0.25) is 10.0 Å². The molecular formula is C23H23N3O6S. The number of carboxylic acids is 1. The zero-order valence-electron chi connectivity index (χ0n) is 17.8. The summed E-state index contributed by atoms with van der Waals surface area (Å²) in [6.45, 7) is 0. The van der Waals surface area contributed by atoms with E-state index >= 15 is 0 Å². The fraction of sp³-hybridized carbons (Fsp3) is 0.261. The van der Waals surface area contributed by atoms with Gasteiger partial charge >= 0.3 is 5.97 Å². The van der Waals surface area contributed by atoms with Gasteiger partial charge in [-0.05, 0) is 48.1 Å². The lowest BCUT2D eigenvalue weighted by atomic mass is 10.0. The van der Waals surface area contributed by atoms with E-state index in [1.54, 1.807) is 18.2 Å². The zero-order chi connectivity index (χ0) is 23.8. The molecule has 0 spiro atoms. The van der Waals surface area contributed by atoms with Gasteiger partial charge in [-0.2, -0.15) is 0 Å². The lowest BCUT2D eigenvalue weighted by molar-refractivity contribution is -0.138. The third-order valence-corrected chi connectivity index (χ3v) is 6.06. The van der Waals surface area contributed by atoms with Crippen LogP contribution in [0, 0.1) is 0 Å². The quantitative estimate of drug-likeness (QED) is 0.330. The van der Waals surface area contributed by atoms with Crippen LogP contribution in [-0.2, 0) is 21.2 Å². The molecule has 1 aliphatic rings. The van der Waals surface area contributed by atoms with Crippen molar-refractivity contribution in [3.8, 4) is 11.1 Å². The van der Waals surface area contributed by atoms with Crippen LogP contribution in [0.4, 0.5) is 17.1 Å². The summed E-state index contributed by atoms with van der Waals surface area (Å²) < 4.78 is 24.9. The van der Waals surface area contributed by atoms with E-state index in [1.165, 1.54) is 0 Å². The maximum absolute atomic E-state index is 12.0. The number of hydrogen-bond donors (Lipinski definition) is 4. The minimum Gasteiger partial charge on any atom is -0.480 e. The maximum Gasteiger partial charge on any atom is 0.322 e. The highest BCUT2D eigenvalue weighted by Gasteiger charge is 2.28. The van der Waals surface area contributed by atoms with Gasteiger partial charge in [-0.25, -0.2) is 13.1 Å². The summed E-state index contributed by atoms with van der Waals surface area (Å²) >= 11 is 0. The number of nitrogens with one attached hydrogen (secondary N) is 3. The molecule has 10 heteroatoms. The molecule has 4 N–H and O–H groups in total. The second-order valence-electron chi connectivity index (χ2n) is 8.21. The fourth-order valence-corrected chi connectivity index (χ4v) is 4.21. The zero-order valence-corrected chi connectivity index (χ0v) is 18.6. The first-order chi connectivity index (χ1) is 15.6. The first kappa shape index (κ1) is 22.7. The van der Waals surface area contributed by atoms with Gasteiger partial charge in [0.1, 0.15) is 17.4 Å². The van der Waals surface area contributed by atoms with E-state index in [2.05, 4.69) is 15.4 Å². The highest BCUT2D eigenvalue weighted by atomic mass is 32.2. The molecule has 1 aliphatic carbocycles. The molecule has 0 amide bonds. The van der Waals surface area contributed by atoms with Crippen LogP contribution in [0.25, 0.3) is 11.1 Å². The van der Waals surface area contributed by atoms with Gasteiger partial charge in [0.15, 0.2) is 0 Å². The summed E-state index contributed by atoms with van der Waals surface area (Å²) in [5.41, 5.74) is 2.61. The van der Waals surface area contributed by atoms with E-state index < -0.39 is 32.9 Å². The van der Waals surface area contributed by atoms with Crippen molar-refractivity contribution < 1.29 is 18.3 Å². The van der Waals surface area contributed by atoms with Crippen molar-refractivity contribution in [3.63, 3.8) is 0 Å². The highest BCUT2D eigenvalue weighted by molar-refractivity contribution is 7.88. The number of rotatable bonds is 10. The lowest BCUT2D eigenvalue weighted by Crippen LogP contribution is -2.41. The van der Waals surface area contributed by atoms with Crippen LogP contribution < -0.4 is 26.2 Å². The molecule has 0 heterocycles. The Morgan fingerprint density at radius 2 is 1.70 bits per heavy atom. The number of anilines is 3. The SMILES string of the molecule is CS(=O)(=O)N[C@@H](Cc1ccc(-c2cccc(Nc3c(NC4CC4)c(=O)c3=O)c2)cc1)C(=O)O. The average Bonchev–Trinajstić information content (AvgIpc) is 3.59. The molecule has 0 radical (unpaired) electrons. The van der Waals surface area contributed by atoms with Gasteiger partial charge in [0, 0.05) is 11.7 Å². The van der Waals surface area contributed by atoms with E-state index in [9.17, 15) is 27.9 Å². The second-order valence-corrected chi connectivity index (χ2v) is 9.99. The van der Waals surface area contributed by atoms with Crippen LogP contribution in [0.15, 0.2) is 58.1 Å². The molecule has 3 aromatic rings. The molecule has 4 rings (SSSR count). The maximum atomic E-state index is 12.0. The molecule has 1 atom stereocenters. The summed E-state index contributed by atoms with van der Waals surface area (Å²) in [5.74, 6) is -1.25. The Labute approximate surface area is 190 Å². The molecule has 33 heavy (non-hydrogen) atoms. The van der Waals surface area contributed by atoms with Crippen LogP contribution in [0.3, 0.4) is 0 Å². The third-order valence-electron chi connectivity index (χ3n) is 5.35. The molecular weight excluding hydrogens is 446 g/mol. The Bertz CT molecular complexity index is 1370. The summed E-state index contributed by atoms with van der Waals surface area (Å²) in [5, 5.41) is 15.4. The molecule has 0 bridgehead atoms. The van der Waals surface area contributed by atoms with Crippen molar-refractivity contribution >= 4 is 33.1 Å².